The van der Waals surface area contributed by atoms with Crippen molar-refractivity contribution in [3.63, 3.8) is 0 Å². The molecule has 0 amide bonds. The predicted octanol–water partition coefficient (Wildman–Crippen LogP) is 1.58. The molecule has 0 bridgehead atoms. The summed E-state index contributed by atoms with van der Waals surface area (Å²) in [5.41, 5.74) is 1.89. The van der Waals surface area contributed by atoms with Gasteiger partial charge in [-0.3, -0.25) is 4.79 Å². The normalized spacial score (nSPS) is 20.5. The Balaban J connectivity index is 2.25. The minimum Gasteiger partial charge on any atom is -0.393 e. The standard InChI is InChI=1S/C14H16N2O2/c1-10(18)12-4-5-16(8-12)14-3-2-11(9-17)6-13(14)7-15/h2-3,6,9-10,12,18H,4-5,8H2,1H3. The summed E-state index contributed by atoms with van der Waals surface area (Å²) in [5.74, 6) is 0.252. The molecule has 2 rings (SSSR count). The van der Waals surface area contributed by atoms with Crippen LogP contribution in [0.15, 0.2) is 18.2 Å². The lowest BCUT2D eigenvalue weighted by molar-refractivity contribution is 0.112. The van der Waals surface area contributed by atoms with E-state index in [2.05, 4.69) is 11.0 Å². The predicted molar refractivity (Wildman–Crippen MR) is 68.5 cm³/mol. The molecule has 2 unspecified atom stereocenters. The minimum atomic E-state index is -0.324. The van der Waals surface area contributed by atoms with Crippen molar-refractivity contribution in [1.82, 2.24) is 0 Å². The molecule has 1 fully saturated rings. The summed E-state index contributed by atoms with van der Waals surface area (Å²) < 4.78 is 0. The number of aliphatic hydroxyl groups is 1. The van der Waals surface area contributed by atoms with Gasteiger partial charge in [0.2, 0.25) is 0 Å². The zero-order valence-electron chi connectivity index (χ0n) is 10.3. The molecule has 0 saturated carbocycles. The molecule has 1 aromatic rings. The van der Waals surface area contributed by atoms with Crippen LogP contribution >= 0.6 is 0 Å². The summed E-state index contributed by atoms with van der Waals surface area (Å²) >= 11 is 0. The van der Waals surface area contributed by atoms with Crippen LogP contribution in [0, 0.1) is 17.2 Å². The highest BCUT2D eigenvalue weighted by Crippen LogP contribution is 2.28. The molecule has 18 heavy (non-hydrogen) atoms. The highest BCUT2D eigenvalue weighted by molar-refractivity contribution is 5.78. The van der Waals surface area contributed by atoms with E-state index in [1.807, 2.05) is 6.07 Å². The van der Waals surface area contributed by atoms with Crippen LogP contribution in [-0.4, -0.2) is 30.6 Å². The summed E-state index contributed by atoms with van der Waals surface area (Å²) in [4.78, 5) is 12.8. The molecular formula is C14H16N2O2. The number of carbonyl (C=O) groups excluding carboxylic acids is 1. The first-order valence-electron chi connectivity index (χ1n) is 6.08. The third-order valence-corrected chi connectivity index (χ3v) is 3.52. The molecule has 94 valence electrons. The fraction of sp³-hybridized carbons (Fsp3) is 0.429. The first kappa shape index (κ1) is 12.6. The SMILES string of the molecule is CC(O)C1CCN(c2ccc(C=O)cc2C#N)C1. The van der Waals surface area contributed by atoms with Crippen molar-refractivity contribution >= 4 is 12.0 Å². The van der Waals surface area contributed by atoms with E-state index in [9.17, 15) is 9.90 Å². The Morgan fingerprint density at radius 2 is 2.39 bits per heavy atom. The molecule has 0 radical (unpaired) electrons. The highest BCUT2D eigenvalue weighted by atomic mass is 16.3. The number of carbonyl (C=O) groups is 1. The maximum absolute atomic E-state index is 10.7. The molecule has 1 saturated heterocycles. The zero-order chi connectivity index (χ0) is 13.1. The molecule has 1 N–H and O–H groups in total. The van der Waals surface area contributed by atoms with Gasteiger partial charge in [0.05, 0.1) is 17.4 Å². The van der Waals surface area contributed by atoms with Gasteiger partial charge in [-0.05, 0) is 31.5 Å². The molecule has 1 heterocycles. The van der Waals surface area contributed by atoms with Crippen LogP contribution in [0.4, 0.5) is 5.69 Å². The van der Waals surface area contributed by atoms with Crippen molar-refractivity contribution < 1.29 is 9.90 Å². The lowest BCUT2D eigenvalue weighted by Crippen LogP contribution is -2.24. The van der Waals surface area contributed by atoms with Crippen LogP contribution in [-0.2, 0) is 0 Å². The quantitative estimate of drug-likeness (QED) is 0.820. The fourth-order valence-corrected chi connectivity index (χ4v) is 2.39. The van der Waals surface area contributed by atoms with E-state index in [4.69, 9.17) is 5.26 Å². The van der Waals surface area contributed by atoms with Crippen LogP contribution in [0.3, 0.4) is 0 Å². The highest BCUT2D eigenvalue weighted by Gasteiger charge is 2.27. The first-order chi connectivity index (χ1) is 8.65. The average molecular weight is 244 g/mol. The molecule has 1 aliphatic rings. The summed E-state index contributed by atoms with van der Waals surface area (Å²) in [5, 5.41) is 18.7. The van der Waals surface area contributed by atoms with Crippen molar-refractivity contribution in [2.45, 2.75) is 19.4 Å². The van der Waals surface area contributed by atoms with E-state index in [1.165, 1.54) is 0 Å². The number of anilines is 1. The molecule has 0 aliphatic carbocycles. The number of nitrogens with zero attached hydrogens (tertiary/aromatic N) is 2. The number of hydrogen-bond acceptors (Lipinski definition) is 4. The van der Waals surface area contributed by atoms with E-state index in [0.29, 0.717) is 11.1 Å². The lowest BCUT2D eigenvalue weighted by atomic mass is 10.0. The number of aldehydes is 1. The van der Waals surface area contributed by atoms with Crippen LogP contribution in [0.1, 0.15) is 29.3 Å². The summed E-state index contributed by atoms with van der Waals surface area (Å²) in [6.07, 6.45) is 1.35. The topological polar surface area (TPSA) is 64.3 Å². The average Bonchev–Trinajstić information content (AvgIpc) is 2.87. The van der Waals surface area contributed by atoms with Gasteiger partial charge in [0.1, 0.15) is 12.4 Å². The Bertz CT molecular complexity index is 491. The summed E-state index contributed by atoms with van der Waals surface area (Å²) in [6.45, 7) is 3.40. The van der Waals surface area contributed by atoms with Crippen LogP contribution in [0.5, 0.6) is 0 Å². The van der Waals surface area contributed by atoms with Gasteiger partial charge in [-0.1, -0.05) is 0 Å². The second-order valence-electron chi connectivity index (χ2n) is 4.74. The smallest absolute Gasteiger partial charge is 0.150 e. The molecule has 0 spiro atoms. The Morgan fingerprint density at radius 1 is 1.61 bits per heavy atom. The fourth-order valence-electron chi connectivity index (χ4n) is 2.39. The van der Waals surface area contributed by atoms with E-state index in [0.717, 1.165) is 31.5 Å². The molecule has 1 aromatic carbocycles. The summed E-state index contributed by atoms with van der Waals surface area (Å²) in [7, 11) is 0. The molecule has 4 nitrogen and oxygen atoms in total. The second kappa shape index (κ2) is 5.19. The van der Waals surface area contributed by atoms with Gasteiger partial charge in [0.25, 0.3) is 0 Å². The van der Waals surface area contributed by atoms with E-state index >= 15 is 0 Å². The zero-order valence-corrected chi connectivity index (χ0v) is 10.3. The van der Waals surface area contributed by atoms with E-state index < -0.39 is 0 Å². The van der Waals surface area contributed by atoms with Crippen molar-refractivity contribution in [2.75, 3.05) is 18.0 Å². The largest absolute Gasteiger partial charge is 0.393 e. The molecular weight excluding hydrogens is 228 g/mol. The minimum absolute atomic E-state index is 0.252. The Labute approximate surface area is 106 Å². The number of aliphatic hydroxyl groups excluding tert-OH is 1. The van der Waals surface area contributed by atoms with Gasteiger partial charge < -0.3 is 10.0 Å². The van der Waals surface area contributed by atoms with Gasteiger partial charge in [-0.2, -0.15) is 5.26 Å². The number of benzene rings is 1. The molecule has 0 aromatic heterocycles. The Hall–Kier alpha value is -1.86. The molecule has 4 heteroatoms. The van der Waals surface area contributed by atoms with E-state index in [-0.39, 0.29) is 12.0 Å². The Morgan fingerprint density at radius 3 is 2.94 bits per heavy atom. The van der Waals surface area contributed by atoms with Gasteiger partial charge in [-0.25, -0.2) is 0 Å². The monoisotopic (exact) mass is 244 g/mol. The maximum Gasteiger partial charge on any atom is 0.150 e. The number of hydrogen-bond donors (Lipinski definition) is 1. The van der Waals surface area contributed by atoms with Crippen molar-refractivity contribution in [3.8, 4) is 6.07 Å². The van der Waals surface area contributed by atoms with Gasteiger partial charge >= 0.3 is 0 Å². The number of rotatable bonds is 3. The van der Waals surface area contributed by atoms with Gasteiger partial charge in [0, 0.05) is 24.6 Å². The third kappa shape index (κ3) is 2.36. The second-order valence-corrected chi connectivity index (χ2v) is 4.74. The molecule has 2 atom stereocenters. The molecule has 1 aliphatic heterocycles. The first-order valence-corrected chi connectivity index (χ1v) is 6.08. The lowest BCUT2D eigenvalue weighted by Gasteiger charge is -2.21. The van der Waals surface area contributed by atoms with Crippen molar-refractivity contribution in [2.24, 2.45) is 5.92 Å². The Kier molecular flexibility index (Phi) is 3.63. The number of nitriles is 1. The van der Waals surface area contributed by atoms with Crippen LogP contribution < -0.4 is 4.90 Å². The van der Waals surface area contributed by atoms with Crippen LogP contribution in [0.25, 0.3) is 0 Å². The summed E-state index contributed by atoms with van der Waals surface area (Å²) in [6, 6.07) is 7.27. The van der Waals surface area contributed by atoms with Crippen molar-refractivity contribution in [1.29, 1.82) is 5.26 Å². The van der Waals surface area contributed by atoms with Crippen molar-refractivity contribution in [3.05, 3.63) is 29.3 Å². The van der Waals surface area contributed by atoms with Crippen LogP contribution in [0.2, 0.25) is 0 Å². The van der Waals surface area contributed by atoms with E-state index in [1.54, 1.807) is 19.1 Å². The maximum atomic E-state index is 10.7. The van der Waals surface area contributed by atoms with Gasteiger partial charge in [-0.15, -0.1) is 0 Å². The van der Waals surface area contributed by atoms with Gasteiger partial charge in [0.15, 0.2) is 0 Å². The third-order valence-electron chi connectivity index (χ3n) is 3.52.